The van der Waals surface area contributed by atoms with Gasteiger partial charge in [0.1, 0.15) is 6.61 Å². The van der Waals surface area contributed by atoms with Crippen LogP contribution >= 0.6 is 0 Å². The monoisotopic (exact) mass is 271 g/mol. The van der Waals surface area contributed by atoms with Crippen molar-refractivity contribution in [3.05, 3.63) is 59.2 Å². The van der Waals surface area contributed by atoms with Gasteiger partial charge >= 0.3 is 0 Å². The van der Waals surface area contributed by atoms with E-state index in [1.165, 1.54) is 5.56 Å². The van der Waals surface area contributed by atoms with Gasteiger partial charge < -0.3 is 15.2 Å². The molecule has 106 valence electrons. The van der Waals surface area contributed by atoms with Crippen LogP contribution in [0.1, 0.15) is 16.7 Å². The van der Waals surface area contributed by atoms with E-state index in [1.54, 1.807) is 7.11 Å². The Kier molecular flexibility index (Phi) is 5.02. The summed E-state index contributed by atoms with van der Waals surface area (Å²) in [4.78, 5) is 0. The fraction of sp³-hybridized carbons (Fsp3) is 0.294. The van der Waals surface area contributed by atoms with E-state index in [2.05, 4.69) is 25.1 Å². The standard InChI is InChI=1S/C17H21NO2/c1-13-4-3-5-15(10-13)12-20-16-7-6-14(8-9-18)11-17(16)19-2/h3-7,10-11H,8-9,12,18H2,1-2H3. The van der Waals surface area contributed by atoms with Crippen molar-refractivity contribution in [2.75, 3.05) is 13.7 Å². The molecule has 2 N–H and O–H groups in total. The van der Waals surface area contributed by atoms with Gasteiger partial charge in [0.15, 0.2) is 11.5 Å². The van der Waals surface area contributed by atoms with E-state index in [-0.39, 0.29) is 0 Å². The summed E-state index contributed by atoms with van der Waals surface area (Å²) in [5.41, 5.74) is 9.11. The van der Waals surface area contributed by atoms with E-state index in [0.29, 0.717) is 13.2 Å². The van der Waals surface area contributed by atoms with E-state index in [1.807, 2.05) is 24.3 Å². The molecule has 0 amide bonds. The Morgan fingerprint density at radius 1 is 1.00 bits per heavy atom. The topological polar surface area (TPSA) is 44.5 Å². The van der Waals surface area contributed by atoms with Crippen molar-refractivity contribution in [2.24, 2.45) is 5.73 Å². The molecule has 0 bridgehead atoms. The third-order valence-electron chi connectivity index (χ3n) is 3.14. The summed E-state index contributed by atoms with van der Waals surface area (Å²) in [6, 6.07) is 14.2. The zero-order valence-electron chi connectivity index (χ0n) is 12.1. The minimum absolute atomic E-state index is 0.536. The lowest BCUT2D eigenvalue weighted by Crippen LogP contribution is -2.03. The molecule has 0 aliphatic carbocycles. The predicted molar refractivity (Wildman–Crippen MR) is 81.3 cm³/mol. The summed E-state index contributed by atoms with van der Waals surface area (Å²) in [5.74, 6) is 1.51. The first kappa shape index (κ1) is 14.4. The molecule has 0 saturated heterocycles. The SMILES string of the molecule is COc1cc(CCN)ccc1OCc1cccc(C)c1. The molecular weight excluding hydrogens is 250 g/mol. The first-order valence-corrected chi connectivity index (χ1v) is 6.78. The molecule has 0 atom stereocenters. The number of nitrogens with two attached hydrogens (primary N) is 1. The molecule has 0 unspecified atom stereocenters. The smallest absolute Gasteiger partial charge is 0.161 e. The number of methoxy groups -OCH3 is 1. The molecule has 2 aromatic carbocycles. The fourth-order valence-electron chi connectivity index (χ4n) is 2.12. The molecule has 2 rings (SSSR count). The molecule has 3 nitrogen and oxygen atoms in total. The summed E-state index contributed by atoms with van der Waals surface area (Å²) in [6.07, 6.45) is 0.842. The van der Waals surface area contributed by atoms with Crippen molar-refractivity contribution >= 4 is 0 Å². The minimum atomic E-state index is 0.536. The number of benzene rings is 2. The fourth-order valence-corrected chi connectivity index (χ4v) is 2.12. The highest BCUT2D eigenvalue weighted by Gasteiger charge is 2.06. The second-order valence-corrected chi connectivity index (χ2v) is 4.80. The zero-order chi connectivity index (χ0) is 14.4. The van der Waals surface area contributed by atoms with Crippen LogP contribution in [0.3, 0.4) is 0 Å². The Hall–Kier alpha value is -2.00. The van der Waals surface area contributed by atoms with Crippen molar-refractivity contribution in [3.63, 3.8) is 0 Å². The van der Waals surface area contributed by atoms with Gasteiger partial charge in [0.2, 0.25) is 0 Å². The lowest BCUT2D eigenvalue weighted by molar-refractivity contribution is 0.284. The average Bonchev–Trinajstić information content (AvgIpc) is 2.46. The van der Waals surface area contributed by atoms with Gasteiger partial charge in [0.05, 0.1) is 7.11 Å². The molecule has 0 aliphatic heterocycles. The van der Waals surface area contributed by atoms with Crippen molar-refractivity contribution in [1.82, 2.24) is 0 Å². The van der Waals surface area contributed by atoms with Crippen molar-refractivity contribution in [1.29, 1.82) is 0 Å². The van der Waals surface area contributed by atoms with Gasteiger partial charge in [-0.3, -0.25) is 0 Å². The molecule has 0 spiro atoms. The summed E-state index contributed by atoms with van der Waals surface area (Å²) in [5, 5.41) is 0. The first-order chi connectivity index (χ1) is 9.72. The number of aryl methyl sites for hydroxylation is 1. The van der Waals surface area contributed by atoms with Gasteiger partial charge in [-0.1, -0.05) is 35.9 Å². The minimum Gasteiger partial charge on any atom is -0.493 e. The molecule has 0 aromatic heterocycles. The lowest BCUT2D eigenvalue weighted by Gasteiger charge is -2.12. The zero-order valence-corrected chi connectivity index (χ0v) is 12.1. The van der Waals surface area contributed by atoms with Gasteiger partial charge in [-0.2, -0.15) is 0 Å². The molecule has 0 radical (unpaired) electrons. The summed E-state index contributed by atoms with van der Waals surface area (Å²) in [6.45, 7) is 3.24. The van der Waals surface area contributed by atoms with Crippen molar-refractivity contribution in [3.8, 4) is 11.5 Å². The number of hydrogen-bond donors (Lipinski definition) is 1. The van der Waals surface area contributed by atoms with Crippen LogP contribution in [0, 0.1) is 6.92 Å². The number of ether oxygens (including phenoxy) is 2. The maximum atomic E-state index is 5.85. The molecule has 0 heterocycles. The van der Waals surface area contributed by atoms with Crippen LogP contribution in [0.25, 0.3) is 0 Å². The maximum absolute atomic E-state index is 5.85. The molecule has 20 heavy (non-hydrogen) atoms. The molecule has 0 saturated carbocycles. The molecular formula is C17H21NO2. The van der Waals surface area contributed by atoms with E-state index in [4.69, 9.17) is 15.2 Å². The number of hydrogen-bond acceptors (Lipinski definition) is 3. The van der Waals surface area contributed by atoms with Crippen LogP contribution in [-0.2, 0) is 13.0 Å². The summed E-state index contributed by atoms with van der Waals surface area (Å²) >= 11 is 0. The van der Waals surface area contributed by atoms with Crippen LogP contribution in [0.15, 0.2) is 42.5 Å². The molecule has 2 aromatic rings. The summed E-state index contributed by atoms with van der Waals surface area (Å²) < 4.78 is 11.2. The van der Waals surface area contributed by atoms with Gasteiger partial charge in [0, 0.05) is 0 Å². The van der Waals surface area contributed by atoms with Crippen LogP contribution < -0.4 is 15.2 Å². The van der Waals surface area contributed by atoms with Gasteiger partial charge in [-0.15, -0.1) is 0 Å². The van der Waals surface area contributed by atoms with Crippen molar-refractivity contribution < 1.29 is 9.47 Å². The van der Waals surface area contributed by atoms with Gasteiger partial charge in [-0.25, -0.2) is 0 Å². The maximum Gasteiger partial charge on any atom is 0.161 e. The quantitative estimate of drug-likeness (QED) is 0.878. The lowest BCUT2D eigenvalue weighted by atomic mass is 10.1. The third-order valence-corrected chi connectivity index (χ3v) is 3.14. The highest BCUT2D eigenvalue weighted by molar-refractivity contribution is 5.43. The Bertz CT molecular complexity index is 567. The van der Waals surface area contributed by atoms with E-state index < -0.39 is 0 Å². The highest BCUT2D eigenvalue weighted by Crippen LogP contribution is 2.29. The van der Waals surface area contributed by atoms with Crippen molar-refractivity contribution in [2.45, 2.75) is 20.0 Å². The Balaban J connectivity index is 2.09. The second-order valence-electron chi connectivity index (χ2n) is 4.80. The largest absolute Gasteiger partial charge is 0.493 e. The highest BCUT2D eigenvalue weighted by atomic mass is 16.5. The van der Waals surface area contributed by atoms with E-state index >= 15 is 0 Å². The molecule has 0 aliphatic rings. The predicted octanol–water partition coefficient (Wildman–Crippen LogP) is 3.08. The van der Waals surface area contributed by atoms with Gasteiger partial charge in [0.25, 0.3) is 0 Å². The van der Waals surface area contributed by atoms with E-state index in [9.17, 15) is 0 Å². The first-order valence-electron chi connectivity index (χ1n) is 6.78. The summed E-state index contributed by atoms with van der Waals surface area (Å²) in [7, 11) is 1.65. The average molecular weight is 271 g/mol. The van der Waals surface area contributed by atoms with Crippen LogP contribution in [-0.4, -0.2) is 13.7 Å². The Morgan fingerprint density at radius 2 is 1.85 bits per heavy atom. The third kappa shape index (κ3) is 3.75. The second kappa shape index (κ2) is 6.96. The molecule has 3 heteroatoms. The van der Waals surface area contributed by atoms with Crippen LogP contribution in [0.4, 0.5) is 0 Å². The molecule has 0 fully saturated rings. The Labute approximate surface area is 120 Å². The van der Waals surface area contributed by atoms with E-state index in [0.717, 1.165) is 29.0 Å². The Morgan fingerprint density at radius 3 is 2.55 bits per heavy atom. The number of rotatable bonds is 6. The van der Waals surface area contributed by atoms with Gasteiger partial charge in [-0.05, 0) is 43.1 Å². The van der Waals surface area contributed by atoms with Crippen LogP contribution in [0.2, 0.25) is 0 Å². The normalized spacial score (nSPS) is 10.3. The van der Waals surface area contributed by atoms with Crippen LogP contribution in [0.5, 0.6) is 11.5 Å².